The Morgan fingerprint density at radius 3 is 1.67 bits per heavy atom. The molecule has 1 N–H and O–H groups in total. The zero-order valence-electron chi connectivity index (χ0n) is 5.03. The van der Waals surface area contributed by atoms with Crippen molar-refractivity contribution in [1.29, 1.82) is 0 Å². The maximum absolute atomic E-state index is 8.89. The first kappa shape index (κ1) is 15.9. The van der Waals surface area contributed by atoms with Crippen LogP contribution in [-0.2, 0) is 4.79 Å². The Labute approximate surface area is 72.9 Å². The molecule has 0 bridgehead atoms. The zero-order valence-corrected chi connectivity index (χ0v) is 7.03. The maximum atomic E-state index is 8.89. The van der Waals surface area contributed by atoms with E-state index in [-0.39, 0.29) is 29.6 Å². The van der Waals surface area contributed by atoms with Gasteiger partial charge in [-0.2, -0.15) is 0 Å². The van der Waals surface area contributed by atoms with Crippen LogP contribution in [0.5, 0.6) is 0 Å². The van der Waals surface area contributed by atoms with Crippen molar-refractivity contribution in [2.75, 3.05) is 0 Å². The number of hydrogen-bond donors (Lipinski definition) is 1. The van der Waals surface area contributed by atoms with Crippen molar-refractivity contribution < 1.29 is 49.8 Å². The summed E-state index contributed by atoms with van der Waals surface area (Å²) >= 11 is 0. The third-order valence-corrected chi connectivity index (χ3v) is 0. The summed E-state index contributed by atoms with van der Waals surface area (Å²) in [5, 5.41) is 22.5. The van der Waals surface area contributed by atoms with Crippen LogP contribution in [0.15, 0.2) is 0 Å². The van der Waals surface area contributed by atoms with Crippen LogP contribution in [0.1, 0.15) is 6.92 Å². The van der Waals surface area contributed by atoms with E-state index in [0.717, 1.165) is 6.92 Å². The van der Waals surface area contributed by atoms with E-state index in [1.54, 1.807) is 0 Å². The Bertz CT molecular complexity index is 73.0. The van der Waals surface area contributed by atoms with Crippen LogP contribution >= 0.6 is 0 Å². The first-order valence-electron chi connectivity index (χ1n) is 1.47. The van der Waals surface area contributed by atoms with Crippen LogP contribution in [-0.4, -0.2) is 16.3 Å². The fraction of sp³-hybridized carbons (Fsp3) is 0.500. The molecule has 9 heavy (non-hydrogen) atoms. The van der Waals surface area contributed by atoms with Gasteiger partial charge in [0.2, 0.25) is 0 Å². The summed E-state index contributed by atoms with van der Waals surface area (Å²) in [6, 6.07) is 0. The molecule has 0 aromatic heterocycles. The monoisotopic (exact) mass is 145 g/mol. The van der Waals surface area contributed by atoms with Gasteiger partial charge in [-0.25, -0.2) is 0 Å². The van der Waals surface area contributed by atoms with E-state index < -0.39 is 11.1 Å². The number of hydrogen-bond acceptors (Lipinski definition) is 4. The number of carboxylic acid groups (broad SMARTS) is 1. The smallest absolute Gasteiger partial charge is 0.550 e. The van der Waals surface area contributed by atoms with E-state index in [4.69, 9.17) is 25.2 Å². The molecule has 6 nitrogen and oxygen atoms in total. The topological polar surface area (TPSA) is 104 Å². The molecule has 0 atom stereocenters. The molecule has 0 aliphatic rings. The van der Waals surface area contributed by atoms with E-state index in [1.165, 1.54) is 0 Å². The Morgan fingerprint density at radius 1 is 1.67 bits per heavy atom. The average molecular weight is 145 g/mol. The molecule has 0 aliphatic heterocycles. The molecule has 0 saturated carbocycles. The van der Waals surface area contributed by atoms with Crippen LogP contribution in [0, 0.1) is 10.1 Å². The van der Waals surface area contributed by atoms with Crippen LogP contribution < -0.4 is 34.7 Å². The second-order valence-electron chi connectivity index (χ2n) is 0.729. The van der Waals surface area contributed by atoms with E-state index in [1.807, 2.05) is 0 Å². The average Bonchev–Trinajstić information content (AvgIpc) is 1.25. The molecular weight excluding hydrogens is 141 g/mol. The summed E-state index contributed by atoms with van der Waals surface area (Å²) in [5.74, 6) is -1.08. The second kappa shape index (κ2) is 10.6. The molecule has 48 valence electrons. The maximum Gasteiger partial charge on any atom is 1.00 e. The molecule has 0 spiro atoms. The summed E-state index contributed by atoms with van der Waals surface area (Å²) < 4.78 is 0. The number of carbonyl (C=O) groups is 1. The van der Waals surface area contributed by atoms with Crippen LogP contribution in [0.25, 0.3) is 0 Å². The Balaban J connectivity index is -0.0000000720. The third kappa shape index (κ3) is 2260. The van der Waals surface area contributed by atoms with E-state index in [0.29, 0.717) is 0 Å². The predicted octanol–water partition coefficient (Wildman–Crippen LogP) is -4.59. The minimum atomic E-state index is -1.50. The van der Waals surface area contributed by atoms with Gasteiger partial charge < -0.3 is 15.1 Å². The molecule has 0 amide bonds. The van der Waals surface area contributed by atoms with E-state index in [2.05, 4.69) is 0 Å². The Kier molecular flexibility index (Phi) is 18.7. The molecule has 0 aromatic carbocycles. The summed E-state index contributed by atoms with van der Waals surface area (Å²) in [4.78, 5) is 17.2. The summed E-state index contributed by atoms with van der Waals surface area (Å²) in [7, 11) is 0. The van der Waals surface area contributed by atoms with Crippen molar-refractivity contribution in [3.8, 4) is 0 Å². The van der Waals surface area contributed by atoms with Gasteiger partial charge >= 0.3 is 29.6 Å². The number of nitrogens with zero attached hydrogens (tertiary/aromatic N) is 1. The van der Waals surface area contributed by atoms with Gasteiger partial charge in [0, 0.05) is 5.97 Å². The number of carbonyl (C=O) groups excluding carboxylic acids is 1. The molecule has 0 fully saturated rings. The minimum Gasteiger partial charge on any atom is -0.550 e. The van der Waals surface area contributed by atoms with Crippen LogP contribution in [0.3, 0.4) is 0 Å². The van der Waals surface area contributed by atoms with Gasteiger partial charge in [-0.1, -0.05) is 0 Å². The molecule has 0 unspecified atom stereocenters. The normalized spacial score (nSPS) is 5.44. The predicted molar refractivity (Wildman–Crippen MR) is 19.5 cm³/mol. The van der Waals surface area contributed by atoms with Gasteiger partial charge in [0.15, 0.2) is 0 Å². The zero-order chi connectivity index (χ0) is 7.15. The molecule has 0 rings (SSSR count). The van der Waals surface area contributed by atoms with Crippen molar-refractivity contribution in [2.45, 2.75) is 6.92 Å². The fourth-order valence-corrected chi connectivity index (χ4v) is 0. The summed E-state index contributed by atoms with van der Waals surface area (Å²) in [6.07, 6.45) is 0. The SMILES string of the molecule is CC(=O)[O-].O=[N+]([O-])O.[Na+]. The molecular formula is C2H4NNaO5. The number of rotatable bonds is 0. The molecule has 7 heteroatoms. The largest absolute Gasteiger partial charge is 1.00 e. The van der Waals surface area contributed by atoms with Crippen molar-refractivity contribution in [3.05, 3.63) is 10.1 Å². The Morgan fingerprint density at radius 2 is 1.67 bits per heavy atom. The first-order chi connectivity index (χ1) is 3.46. The third-order valence-electron chi connectivity index (χ3n) is 0. The van der Waals surface area contributed by atoms with Gasteiger partial charge in [-0.3, -0.25) is 0 Å². The number of carboxylic acids is 1. The van der Waals surface area contributed by atoms with Gasteiger partial charge in [-0.05, 0) is 6.92 Å². The van der Waals surface area contributed by atoms with E-state index in [9.17, 15) is 0 Å². The fourth-order valence-electron chi connectivity index (χ4n) is 0. The first-order valence-corrected chi connectivity index (χ1v) is 1.47. The second-order valence-corrected chi connectivity index (χ2v) is 0.729. The Hall–Kier alpha value is -0.330. The minimum absolute atomic E-state index is 0. The van der Waals surface area contributed by atoms with Crippen molar-refractivity contribution in [1.82, 2.24) is 0 Å². The van der Waals surface area contributed by atoms with Crippen LogP contribution in [0.2, 0.25) is 0 Å². The van der Waals surface area contributed by atoms with Gasteiger partial charge in [0.05, 0.1) is 0 Å². The number of aliphatic carboxylic acids is 1. The molecule has 0 aliphatic carbocycles. The molecule has 0 aromatic rings. The van der Waals surface area contributed by atoms with Gasteiger partial charge in [-0.15, -0.1) is 10.1 Å². The molecule has 0 heterocycles. The summed E-state index contributed by atoms with van der Waals surface area (Å²) in [6.45, 7) is 0.972. The van der Waals surface area contributed by atoms with Crippen molar-refractivity contribution in [2.24, 2.45) is 0 Å². The quantitative estimate of drug-likeness (QED) is 0.210. The van der Waals surface area contributed by atoms with E-state index >= 15 is 0 Å². The molecule has 0 radical (unpaired) electrons. The van der Waals surface area contributed by atoms with Crippen LogP contribution in [0.4, 0.5) is 0 Å². The van der Waals surface area contributed by atoms with Crippen molar-refractivity contribution >= 4 is 5.97 Å². The van der Waals surface area contributed by atoms with Crippen molar-refractivity contribution in [3.63, 3.8) is 0 Å². The standard InChI is InChI=1S/C2H4O2.HNO3.Na/c1-2(3)4;2-1(3)4;/h1H3,(H,3,4);(H,2,3,4);/q;;+1/p-1. The summed E-state index contributed by atoms with van der Waals surface area (Å²) in [5.41, 5.74) is 0. The molecule has 0 saturated heterocycles. The van der Waals surface area contributed by atoms with Gasteiger partial charge in [0.25, 0.3) is 5.09 Å². The van der Waals surface area contributed by atoms with Gasteiger partial charge in [0.1, 0.15) is 0 Å².